The molecule has 0 aliphatic heterocycles. The fourth-order valence-corrected chi connectivity index (χ4v) is 2.19. The van der Waals surface area contributed by atoms with E-state index in [1.165, 1.54) is 12.1 Å². The van der Waals surface area contributed by atoms with Gasteiger partial charge < -0.3 is 15.4 Å². The predicted octanol–water partition coefficient (Wildman–Crippen LogP) is 3.85. The van der Waals surface area contributed by atoms with Crippen molar-refractivity contribution in [2.75, 3.05) is 12.4 Å². The monoisotopic (exact) mass is 375 g/mol. The molecule has 0 heterocycles. The lowest BCUT2D eigenvalue weighted by atomic mass is 10.1. The van der Waals surface area contributed by atoms with Crippen molar-refractivity contribution in [3.8, 4) is 11.8 Å². The number of alkyl halides is 3. The highest BCUT2D eigenvalue weighted by atomic mass is 19.4. The van der Waals surface area contributed by atoms with E-state index < -0.39 is 23.3 Å². The lowest BCUT2D eigenvalue weighted by Crippen LogP contribution is -2.19. The summed E-state index contributed by atoms with van der Waals surface area (Å²) in [6, 6.07) is 13.3. The zero-order valence-electron chi connectivity index (χ0n) is 14.3. The van der Waals surface area contributed by atoms with Crippen LogP contribution in [0.5, 0.6) is 5.75 Å². The van der Waals surface area contributed by atoms with Crippen LogP contribution >= 0.6 is 0 Å². The van der Waals surface area contributed by atoms with Gasteiger partial charge in [0.25, 0.3) is 5.91 Å². The van der Waals surface area contributed by atoms with E-state index in [1.54, 1.807) is 37.4 Å². The number of nitrogens with one attached hydrogen (secondary N) is 2. The van der Waals surface area contributed by atoms with Crippen molar-refractivity contribution in [3.05, 3.63) is 71.4 Å². The second kappa shape index (κ2) is 8.76. The number of hydrogen-bond acceptors (Lipinski definition) is 4. The molecule has 0 atom stereocenters. The van der Waals surface area contributed by atoms with E-state index >= 15 is 0 Å². The SMILES string of the molecule is COc1ccc(CN/C=C(/C#N)C(=O)Nc2ccccc2C(F)(F)F)cc1. The molecule has 0 aliphatic rings. The summed E-state index contributed by atoms with van der Waals surface area (Å²) in [6.07, 6.45) is -3.46. The van der Waals surface area contributed by atoms with Crippen LogP contribution in [0.15, 0.2) is 60.3 Å². The van der Waals surface area contributed by atoms with Crippen molar-refractivity contribution in [3.63, 3.8) is 0 Å². The van der Waals surface area contributed by atoms with Crippen LogP contribution < -0.4 is 15.4 Å². The molecule has 2 aromatic rings. The molecule has 8 heteroatoms. The van der Waals surface area contributed by atoms with E-state index in [4.69, 9.17) is 10.00 Å². The average molecular weight is 375 g/mol. The average Bonchev–Trinajstić information content (AvgIpc) is 2.65. The zero-order chi connectivity index (χ0) is 19.9. The highest BCUT2D eigenvalue weighted by molar-refractivity contribution is 6.06. The first-order valence-corrected chi connectivity index (χ1v) is 7.79. The summed E-state index contributed by atoms with van der Waals surface area (Å²) in [6.45, 7) is 0.321. The summed E-state index contributed by atoms with van der Waals surface area (Å²) >= 11 is 0. The Morgan fingerprint density at radius 1 is 1.19 bits per heavy atom. The molecule has 1 amide bonds. The largest absolute Gasteiger partial charge is 0.497 e. The molecule has 2 N–H and O–H groups in total. The highest BCUT2D eigenvalue weighted by Gasteiger charge is 2.33. The Morgan fingerprint density at radius 3 is 2.44 bits per heavy atom. The second-order valence-electron chi connectivity index (χ2n) is 5.40. The lowest BCUT2D eigenvalue weighted by Gasteiger charge is -2.13. The molecular formula is C19H16F3N3O2. The number of halogens is 3. The Balaban J connectivity index is 2.05. The van der Waals surface area contributed by atoms with Gasteiger partial charge >= 0.3 is 6.18 Å². The first kappa shape index (κ1) is 19.8. The van der Waals surface area contributed by atoms with Crippen LogP contribution in [-0.4, -0.2) is 13.0 Å². The van der Waals surface area contributed by atoms with Gasteiger partial charge in [-0.25, -0.2) is 0 Å². The number of methoxy groups -OCH3 is 1. The maximum Gasteiger partial charge on any atom is 0.418 e. The predicted molar refractivity (Wildman–Crippen MR) is 93.6 cm³/mol. The van der Waals surface area contributed by atoms with Gasteiger partial charge in [-0.2, -0.15) is 18.4 Å². The van der Waals surface area contributed by atoms with E-state index in [2.05, 4.69) is 10.6 Å². The van der Waals surface area contributed by atoms with Crippen molar-refractivity contribution in [2.24, 2.45) is 0 Å². The quantitative estimate of drug-likeness (QED) is 0.594. The standard InChI is InChI=1S/C19H16F3N3O2/c1-27-15-8-6-13(7-9-15)11-24-12-14(10-23)18(26)25-17-5-3-2-4-16(17)19(20,21)22/h2-9,12,24H,11H2,1H3,(H,25,26)/b14-12-. The van der Waals surface area contributed by atoms with E-state index in [-0.39, 0.29) is 5.57 Å². The van der Waals surface area contributed by atoms with E-state index in [1.807, 2.05) is 0 Å². The number of nitrogens with zero attached hydrogens (tertiary/aromatic N) is 1. The molecule has 0 aliphatic carbocycles. The Morgan fingerprint density at radius 2 is 1.85 bits per heavy atom. The molecule has 0 bridgehead atoms. The van der Waals surface area contributed by atoms with E-state index in [0.29, 0.717) is 12.3 Å². The molecule has 0 unspecified atom stereocenters. The third kappa shape index (κ3) is 5.51. The third-order valence-corrected chi connectivity index (χ3v) is 3.56. The number of ether oxygens (including phenoxy) is 1. The molecule has 0 saturated heterocycles. The molecule has 0 saturated carbocycles. The van der Waals surface area contributed by atoms with Gasteiger partial charge in [0.1, 0.15) is 17.4 Å². The summed E-state index contributed by atoms with van der Waals surface area (Å²) in [7, 11) is 1.55. The van der Waals surface area contributed by atoms with E-state index in [0.717, 1.165) is 23.9 Å². The molecule has 0 fully saturated rings. The van der Waals surface area contributed by atoms with Crippen LogP contribution in [0.3, 0.4) is 0 Å². The van der Waals surface area contributed by atoms with Gasteiger partial charge in [0.2, 0.25) is 0 Å². The summed E-state index contributed by atoms with van der Waals surface area (Å²) in [5.74, 6) is -0.244. The summed E-state index contributed by atoms with van der Waals surface area (Å²) in [4.78, 5) is 12.1. The van der Waals surface area contributed by atoms with Crippen molar-refractivity contribution in [2.45, 2.75) is 12.7 Å². The molecule has 27 heavy (non-hydrogen) atoms. The normalized spacial score (nSPS) is 11.4. The summed E-state index contributed by atoms with van der Waals surface area (Å²) < 4.78 is 44.0. The maximum atomic E-state index is 13.0. The van der Waals surface area contributed by atoms with Crippen LogP contribution in [-0.2, 0) is 17.5 Å². The lowest BCUT2D eigenvalue weighted by molar-refractivity contribution is -0.137. The van der Waals surface area contributed by atoms with Crippen molar-refractivity contribution < 1.29 is 22.7 Å². The van der Waals surface area contributed by atoms with Crippen molar-refractivity contribution in [1.29, 1.82) is 5.26 Å². The Labute approximate surface area is 154 Å². The topological polar surface area (TPSA) is 74.1 Å². The number of benzene rings is 2. The molecular weight excluding hydrogens is 359 g/mol. The van der Waals surface area contributed by atoms with Gasteiger partial charge in [-0.3, -0.25) is 4.79 Å². The Kier molecular flexibility index (Phi) is 6.44. The molecule has 2 aromatic carbocycles. The molecule has 2 rings (SSSR count). The molecule has 0 radical (unpaired) electrons. The maximum absolute atomic E-state index is 13.0. The van der Waals surface area contributed by atoms with Crippen LogP contribution in [0.4, 0.5) is 18.9 Å². The van der Waals surface area contributed by atoms with Crippen LogP contribution in [0, 0.1) is 11.3 Å². The van der Waals surface area contributed by atoms with Crippen molar-refractivity contribution in [1.82, 2.24) is 5.32 Å². The molecule has 0 aromatic heterocycles. The Bertz CT molecular complexity index is 869. The number of carbonyl (C=O) groups is 1. The first-order valence-electron chi connectivity index (χ1n) is 7.79. The van der Waals surface area contributed by atoms with Gasteiger partial charge in [-0.05, 0) is 29.8 Å². The summed E-state index contributed by atoms with van der Waals surface area (Å²) in [5, 5.41) is 14.0. The number of nitriles is 1. The minimum absolute atomic E-state index is 0.321. The van der Waals surface area contributed by atoms with Crippen LogP contribution in [0.1, 0.15) is 11.1 Å². The fraction of sp³-hybridized carbons (Fsp3) is 0.158. The van der Waals surface area contributed by atoms with Gasteiger partial charge in [0, 0.05) is 12.7 Å². The fourth-order valence-electron chi connectivity index (χ4n) is 2.19. The first-order chi connectivity index (χ1) is 12.8. The minimum atomic E-state index is -4.62. The number of para-hydroxylation sites is 1. The van der Waals surface area contributed by atoms with Crippen LogP contribution in [0.2, 0.25) is 0 Å². The molecule has 0 spiro atoms. The van der Waals surface area contributed by atoms with Gasteiger partial charge in [-0.1, -0.05) is 24.3 Å². The minimum Gasteiger partial charge on any atom is -0.497 e. The van der Waals surface area contributed by atoms with Gasteiger partial charge in [0.05, 0.1) is 18.4 Å². The number of carbonyl (C=O) groups excluding carboxylic acids is 1. The van der Waals surface area contributed by atoms with E-state index in [9.17, 15) is 18.0 Å². The van der Waals surface area contributed by atoms with Crippen molar-refractivity contribution >= 4 is 11.6 Å². The number of anilines is 1. The molecule has 140 valence electrons. The second-order valence-corrected chi connectivity index (χ2v) is 5.40. The number of hydrogen-bond donors (Lipinski definition) is 2. The zero-order valence-corrected chi connectivity index (χ0v) is 14.3. The smallest absolute Gasteiger partial charge is 0.418 e. The third-order valence-electron chi connectivity index (χ3n) is 3.56. The highest BCUT2D eigenvalue weighted by Crippen LogP contribution is 2.34. The summed E-state index contributed by atoms with van der Waals surface area (Å²) in [5.41, 5.74) is -0.874. The van der Waals surface area contributed by atoms with Crippen LogP contribution in [0.25, 0.3) is 0 Å². The Hall–Kier alpha value is -3.47. The van der Waals surface area contributed by atoms with Gasteiger partial charge in [0.15, 0.2) is 0 Å². The number of rotatable bonds is 6. The molecule has 5 nitrogen and oxygen atoms in total. The van der Waals surface area contributed by atoms with Gasteiger partial charge in [-0.15, -0.1) is 0 Å². The number of amides is 1.